The van der Waals surface area contributed by atoms with Crippen LogP contribution in [0.4, 0.5) is 0 Å². The van der Waals surface area contributed by atoms with Crippen LogP contribution in [0.2, 0.25) is 0 Å². The Kier molecular flexibility index (Phi) is 3.76. The van der Waals surface area contributed by atoms with Gasteiger partial charge in [0.1, 0.15) is 0 Å². The molecule has 0 aromatic rings. The maximum atomic E-state index is 2.52. The summed E-state index contributed by atoms with van der Waals surface area (Å²) in [5, 5.41) is 0. The zero-order valence-electron chi connectivity index (χ0n) is 8.51. The Hall–Kier alpha value is -0.340. The van der Waals surface area contributed by atoms with Gasteiger partial charge in [0.15, 0.2) is 0 Å². The predicted molar refractivity (Wildman–Crippen MR) is 53.4 cm³/mol. The topological polar surface area (TPSA) is 6.48 Å². The lowest BCUT2D eigenvalue weighted by Gasteiger charge is -2.27. The lowest BCUT2D eigenvalue weighted by molar-refractivity contribution is 0.252. The van der Waals surface area contributed by atoms with E-state index >= 15 is 0 Å². The smallest absolute Gasteiger partial charge is 0.0190 e. The van der Waals surface area contributed by atoms with Crippen LogP contribution in [0.5, 0.6) is 0 Å². The third kappa shape index (κ3) is 3.37. The fourth-order valence-electron chi connectivity index (χ4n) is 1.52. The molecule has 0 aliphatic carbocycles. The maximum Gasteiger partial charge on any atom is 0.0190 e. The highest BCUT2D eigenvalue weighted by Crippen LogP contribution is 2.07. The second-order valence-corrected chi connectivity index (χ2v) is 3.92. The summed E-state index contributed by atoms with van der Waals surface area (Å²) in [4.78, 5) is 4.77. The third-order valence-electron chi connectivity index (χ3n) is 2.27. The minimum absolute atomic E-state index is 1.17. The lowest BCUT2D eigenvalue weighted by Crippen LogP contribution is -2.35. The van der Waals surface area contributed by atoms with Gasteiger partial charge in [-0.2, -0.15) is 0 Å². The number of nitrogens with zero attached hydrogens (tertiary/aromatic N) is 2. The summed E-state index contributed by atoms with van der Waals surface area (Å²) in [6.45, 7) is 7.02. The highest BCUT2D eigenvalue weighted by atomic mass is 15.2. The van der Waals surface area contributed by atoms with Crippen molar-refractivity contribution in [3.8, 4) is 0 Å². The van der Waals surface area contributed by atoms with E-state index in [4.69, 9.17) is 0 Å². The van der Waals surface area contributed by atoms with Crippen LogP contribution in [0.1, 0.15) is 13.3 Å². The van der Waals surface area contributed by atoms with Crippen LogP contribution < -0.4 is 0 Å². The number of hydrogen-bond donors (Lipinski definition) is 0. The fraction of sp³-hybridized carbons (Fsp3) is 0.800. The predicted octanol–water partition coefficient (Wildman–Crippen LogP) is 1.20. The second kappa shape index (κ2) is 4.63. The maximum absolute atomic E-state index is 2.52. The minimum atomic E-state index is 1.17. The zero-order chi connectivity index (χ0) is 8.97. The molecule has 1 heterocycles. The van der Waals surface area contributed by atoms with E-state index in [2.05, 4.69) is 36.9 Å². The standard InChI is InChI=1S/C10H20N2/c1-10-5-4-6-12(9-10)8-7-11(2)3/h5H,4,6-9H2,1-3H3. The van der Waals surface area contributed by atoms with Gasteiger partial charge >= 0.3 is 0 Å². The van der Waals surface area contributed by atoms with Gasteiger partial charge in [0, 0.05) is 26.2 Å². The summed E-state index contributed by atoms with van der Waals surface area (Å²) in [5.41, 5.74) is 1.53. The molecule has 0 bridgehead atoms. The van der Waals surface area contributed by atoms with Crippen molar-refractivity contribution >= 4 is 0 Å². The van der Waals surface area contributed by atoms with Gasteiger partial charge in [-0.25, -0.2) is 0 Å². The van der Waals surface area contributed by atoms with Gasteiger partial charge in [-0.15, -0.1) is 0 Å². The van der Waals surface area contributed by atoms with E-state index in [0.29, 0.717) is 0 Å². The molecule has 1 rings (SSSR count). The molecule has 0 amide bonds. The van der Waals surface area contributed by atoms with Crippen LogP contribution in [0, 0.1) is 0 Å². The van der Waals surface area contributed by atoms with Crippen molar-refractivity contribution in [2.45, 2.75) is 13.3 Å². The first kappa shape index (κ1) is 9.75. The van der Waals surface area contributed by atoms with Crippen molar-refractivity contribution in [2.24, 2.45) is 0 Å². The zero-order valence-corrected chi connectivity index (χ0v) is 8.51. The molecule has 0 N–H and O–H groups in total. The monoisotopic (exact) mass is 168 g/mol. The molecule has 0 saturated carbocycles. The summed E-state index contributed by atoms with van der Waals surface area (Å²) in [5.74, 6) is 0. The first-order valence-electron chi connectivity index (χ1n) is 4.71. The van der Waals surface area contributed by atoms with Gasteiger partial charge in [-0.3, -0.25) is 4.90 Å². The summed E-state index contributed by atoms with van der Waals surface area (Å²) in [6.07, 6.45) is 3.59. The van der Waals surface area contributed by atoms with Gasteiger partial charge < -0.3 is 4.90 Å². The van der Waals surface area contributed by atoms with Gasteiger partial charge in [0.2, 0.25) is 0 Å². The van der Waals surface area contributed by atoms with E-state index in [1.807, 2.05) is 0 Å². The summed E-state index contributed by atoms with van der Waals surface area (Å²) in [7, 11) is 4.26. The molecule has 1 aliphatic heterocycles. The van der Waals surface area contributed by atoms with E-state index < -0.39 is 0 Å². The van der Waals surface area contributed by atoms with E-state index in [-0.39, 0.29) is 0 Å². The molecule has 2 heteroatoms. The molecule has 0 unspecified atom stereocenters. The molecular formula is C10H20N2. The molecule has 0 spiro atoms. The molecule has 70 valence electrons. The number of rotatable bonds is 3. The highest BCUT2D eigenvalue weighted by Gasteiger charge is 2.08. The molecular weight excluding hydrogens is 148 g/mol. The average Bonchev–Trinajstić information content (AvgIpc) is 2.01. The molecule has 12 heavy (non-hydrogen) atoms. The second-order valence-electron chi connectivity index (χ2n) is 3.92. The average molecular weight is 168 g/mol. The van der Waals surface area contributed by atoms with E-state index in [9.17, 15) is 0 Å². The molecule has 0 atom stereocenters. The molecule has 0 radical (unpaired) electrons. The Bertz CT molecular complexity index is 161. The Balaban J connectivity index is 2.21. The molecule has 2 nitrogen and oxygen atoms in total. The van der Waals surface area contributed by atoms with Gasteiger partial charge in [0.05, 0.1) is 0 Å². The van der Waals surface area contributed by atoms with Crippen LogP contribution in [0.25, 0.3) is 0 Å². The van der Waals surface area contributed by atoms with Crippen molar-refractivity contribution in [1.82, 2.24) is 9.80 Å². The fourth-order valence-corrected chi connectivity index (χ4v) is 1.52. The normalized spacial score (nSPS) is 19.8. The van der Waals surface area contributed by atoms with Gasteiger partial charge in [-0.1, -0.05) is 11.6 Å². The first-order valence-corrected chi connectivity index (χ1v) is 4.71. The van der Waals surface area contributed by atoms with Gasteiger partial charge in [0.25, 0.3) is 0 Å². The van der Waals surface area contributed by atoms with E-state index in [0.717, 1.165) is 0 Å². The van der Waals surface area contributed by atoms with Crippen molar-refractivity contribution in [3.63, 3.8) is 0 Å². The van der Waals surface area contributed by atoms with Crippen molar-refractivity contribution in [1.29, 1.82) is 0 Å². The van der Waals surface area contributed by atoms with Gasteiger partial charge in [-0.05, 0) is 27.4 Å². The van der Waals surface area contributed by atoms with Crippen LogP contribution in [-0.4, -0.2) is 50.1 Å². The van der Waals surface area contributed by atoms with Crippen LogP contribution in [0.3, 0.4) is 0 Å². The van der Waals surface area contributed by atoms with Crippen molar-refractivity contribution in [3.05, 3.63) is 11.6 Å². The van der Waals surface area contributed by atoms with Crippen LogP contribution in [0.15, 0.2) is 11.6 Å². The SMILES string of the molecule is CC1=CCCN(CCN(C)C)C1. The Morgan fingerprint density at radius 1 is 1.50 bits per heavy atom. The Labute approximate surface area is 75.8 Å². The highest BCUT2D eigenvalue weighted by molar-refractivity contribution is 5.04. The molecule has 0 aromatic heterocycles. The molecule has 0 aromatic carbocycles. The van der Waals surface area contributed by atoms with Crippen LogP contribution in [-0.2, 0) is 0 Å². The first-order chi connectivity index (χ1) is 5.68. The quantitative estimate of drug-likeness (QED) is 0.584. The summed E-state index contributed by atoms with van der Waals surface area (Å²) >= 11 is 0. The Morgan fingerprint density at radius 2 is 2.25 bits per heavy atom. The molecule has 1 aliphatic rings. The molecule has 0 fully saturated rings. The van der Waals surface area contributed by atoms with Crippen LogP contribution >= 0.6 is 0 Å². The molecule has 0 saturated heterocycles. The van der Waals surface area contributed by atoms with E-state index in [1.165, 1.54) is 38.2 Å². The summed E-state index contributed by atoms with van der Waals surface area (Å²) in [6, 6.07) is 0. The summed E-state index contributed by atoms with van der Waals surface area (Å²) < 4.78 is 0. The van der Waals surface area contributed by atoms with Crippen molar-refractivity contribution in [2.75, 3.05) is 40.3 Å². The largest absolute Gasteiger partial charge is 0.308 e. The van der Waals surface area contributed by atoms with Crippen molar-refractivity contribution < 1.29 is 0 Å². The lowest BCUT2D eigenvalue weighted by atomic mass is 10.1. The third-order valence-corrected chi connectivity index (χ3v) is 2.27. The number of likely N-dealkylation sites (N-methyl/N-ethyl adjacent to an activating group) is 1. The number of hydrogen-bond acceptors (Lipinski definition) is 2. The Morgan fingerprint density at radius 3 is 2.83 bits per heavy atom. The minimum Gasteiger partial charge on any atom is -0.308 e. The van der Waals surface area contributed by atoms with E-state index in [1.54, 1.807) is 0 Å².